The molecule has 1 aliphatic rings. The van der Waals surface area contributed by atoms with E-state index in [-0.39, 0.29) is 15.5 Å². The molecule has 4 rings (SSSR count). The van der Waals surface area contributed by atoms with Crippen LogP contribution < -0.4 is 5.32 Å². The quantitative estimate of drug-likeness (QED) is 0.624. The lowest BCUT2D eigenvalue weighted by Crippen LogP contribution is -2.35. The zero-order valence-corrected chi connectivity index (χ0v) is 17.6. The number of anilines is 1. The molecular formula is C20H20ClN5O3S. The van der Waals surface area contributed by atoms with Crippen molar-refractivity contribution in [1.29, 1.82) is 0 Å². The maximum Gasteiger partial charge on any atom is 0.256 e. The lowest BCUT2D eigenvalue weighted by Gasteiger charge is -2.26. The molecule has 30 heavy (non-hydrogen) atoms. The summed E-state index contributed by atoms with van der Waals surface area (Å²) in [6, 6.07) is 9.56. The first kappa shape index (κ1) is 20.5. The van der Waals surface area contributed by atoms with Gasteiger partial charge in [0.1, 0.15) is 4.90 Å². The number of piperidine rings is 1. The molecule has 0 radical (unpaired) electrons. The fraction of sp³-hybridized carbons (Fsp3) is 0.250. The Morgan fingerprint density at radius 3 is 2.53 bits per heavy atom. The van der Waals surface area contributed by atoms with Gasteiger partial charge in [0.2, 0.25) is 10.0 Å². The van der Waals surface area contributed by atoms with Crippen molar-refractivity contribution in [3.63, 3.8) is 0 Å². The topological polar surface area (TPSA) is 108 Å². The van der Waals surface area contributed by atoms with Crippen molar-refractivity contribution in [2.24, 2.45) is 0 Å². The summed E-state index contributed by atoms with van der Waals surface area (Å²) in [5.74, 6) is -0.156. The molecule has 2 N–H and O–H groups in total. The van der Waals surface area contributed by atoms with Gasteiger partial charge in [-0.1, -0.05) is 18.0 Å². The number of pyridine rings is 1. The molecule has 0 spiro atoms. The van der Waals surface area contributed by atoms with Crippen molar-refractivity contribution in [2.45, 2.75) is 24.2 Å². The van der Waals surface area contributed by atoms with Gasteiger partial charge in [-0.3, -0.25) is 14.9 Å². The Labute approximate surface area is 179 Å². The van der Waals surface area contributed by atoms with Crippen LogP contribution in [0.5, 0.6) is 0 Å². The van der Waals surface area contributed by atoms with Crippen molar-refractivity contribution in [3.8, 4) is 11.3 Å². The second-order valence-corrected chi connectivity index (χ2v) is 9.28. The summed E-state index contributed by atoms with van der Waals surface area (Å²) >= 11 is 6.18. The predicted octanol–water partition coefficient (Wildman–Crippen LogP) is 3.55. The zero-order valence-electron chi connectivity index (χ0n) is 16.0. The average molecular weight is 446 g/mol. The Bertz CT molecular complexity index is 1160. The van der Waals surface area contributed by atoms with Crippen LogP contribution in [0.4, 0.5) is 5.82 Å². The lowest BCUT2D eigenvalue weighted by molar-refractivity contribution is 0.102. The number of aromatic amines is 1. The van der Waals surface area contributed by atoms with Gasteiger partial charge in [-0.2, -0.15) is 9.40 Å². The van der Waals surface area contributed by atoms with E-state index in [9.17, 15) is 13.2 Å². The number of hydrogen-bond acceptors (Lipinski definition) is 5. The van der Waals surface area contributed by atoms with Crippen LogP contribution in [0.3, 0.4) is 0 Å². The molecule has 1 fully saturated rings. The van der Waals surface area contributed by atoms with E-state index < -0.39 is 15.9 Å². The molecule has 0 unspecified atom stereocenters. The van der Waals surface area contributed by atoms with E-state index in [4.69, 9.17) is 11.6 Å². The van der Waals surface area contributed by atoms with Gasteiger partial charge in [0.25, 0.3) is 5.91 Å². The maximum atomic E-state index is 13.0. The van der Waals surface area contributed by atoms with E-state index in [0.717, 1.165) is 30.5 Å². The normalized spacial score (nSPS) is 15.1. The van der Waals surface area contributed by atoms with Crippen molar-refractivity contribution >= 4 is 33.3 Å². The molecule has 0 atom stereocenters. The minimum Gasteiger partial charge on any atom is -0.305 e. The first-order valence-corrected chi connectivity index (χ1v) is 11.3. The van der Waals surface area contributed by atoms with Gasteiger partial charge in [-0.15, -0.1) is 0 Å². The number of sulfonamides is 1. The Morgan fingerprint density at radius 1 is 1.07 bits per heavy atom. The highest BCUT2D eigenvalue weighted by Crippen LogP contribution is 2.28. The highest BCUT2D eigenvalue weighted by Gasteiger charge is 2.28. The van der Waals surface area contributed by atoms with Crippen LogP contribution in [-0.2, 0) is 10.0 Å². The van der Waals surface area contributed by atoms with Crippen molar-refractivity contribution in [2.75, 3.05) is 18.4 Å². The van der Waals surface area contributed by atoms with Crippen molar-refractivity contribution < 1.29 is 13.2 Å². The number of H-pyrrole nitrogens is 1. The summed E-state index contributed by atoms with van der Waals surface area (Å²) in [6.45, 7) is 0.917. The first-order valence-electron chi connectivity index (χ1n) is 9.52. The maximum absolute atomic E-state index is 13.0. The zero-order chi connectivity index (χ0) is 21.1. The van der Waals surface area contributed by atoms with Crippen LogP contribution in [0.2, 0.25) is 5.02 Å². The number of nitrogens with one attached hydrogen (secondary N) is 2. The Hall–Kier alpha value is -2.75. The van der Waals surface area contributed by atoms with Crippen LogP contribution in [-0.4, -0.2) is 46.9 Å². The van der Waals surface area contributed by atoms with E-state index in [1.54, 1.807) is 18.5 Å². The number of benzene rings is 1. The van der Waals surface area contributed by atoms with Crippen LogP contribution in [0.15, 0.2) is 53.7 Å². The van der Waals surface area contributed by atoms with E-state index >= 15 is 0 Å². The van der Waals surface area contributed by atoms with E-state index in [2.05, 4.69) is 20.5 Å². The number of rotatable bonds is 5. The monoisotopic (exact) mass is 445 g/mol. The minimum atomic E-state index is -3.76. The molecule has 1 saturated heterocycles. The highest BCUT2D eigenvalue weighted by atomic mass is 35.5. The molecule has 0 bridgehead atoms. The highest BCUT2D eigenvalue weighted by molar-refractivity contribution is 7.89. The largest absolute Gasteiger partial charge is 0.305 e. The van der Waals surface area contributed by atoms with Crippen molar-refractivity contribution in [3.05, 3.63) is 59.4 Å². The average Bonchev–Trinajstić information content (AvgIpc) is 3.23. The summed E-state index contributed by atoms with van der Waals surface area (Å²) in [4.78, 5) is 16.6. The molecule has 1 aliphatic heterocycles. The van der Waals surface area contributed by atoms with E-state index in [0.29, 0.717) is 18.9 Å². The fourth-order valence-electron chi connectivity index (χ4n) is 3.34. The SMILES string of the molecule is O=C(Nc1cc(-c2ccncc2)[nH]n1)c1ccc(Cl)c(S(=O)(=O)N2CCCCC2)c1. The van der Waals surface area contributed by atoms with Gasteiger partial charge >= 0.3 is 0 Å². The second kappa shape index (κ2) is 8.55. The summed E-state index contributed by atoms with van der Waals surface area (Å²) in [6.07, 6.45) is 5.96. The van der Waals surface area contributed by atoms with Crippen LogP contribution in [0.1, 0.15) is 29.6 Å². The fourth-order valence-corrected chi connectivity index (χ4v) is 5.36. The van der Waals surface area contributed by atoms with Gasteiger partial charge in [-0.25, -0.2) is 8.42 Å². The van der Waals surface area contributed by atoms with Crippen LogP contribution in [0.25, 0.3) is 11.3 Å². The standard InChI is InChI=1S/C20H20ClN5O3S/c21-16-5-4-15(12-18(16)30(28,29)26-10-2-1-3-11-26)20(27)23-19-13-17(24-25-19)14-6-8-22-9-7-14/h4-9,12-13H,1-3,10-11H2,(H2,23,24,25,27). The van der Waals surface area contributed by atoms with Crippen LogP contribution in [0, 0.1) is 0 Å². The third-order valence-corrected chi connectivity index (χ3v) is 7.32. The van der Waals surface area contributed by atoms with Gasteiger partial charge in [-0.05, 0) is 43.2 Å². The number of nitrogens with zero attached hydrogens (tertiary/aromatic N) is 3. The van der Waals surface area contributed by atoms with E-state index in [1.807, 2.05) is 12.1 Å². The van der Waals surface area contributed by atoms with Crippen LogP contribution >= 0.6 is 11.6 Å². The molecule has 1 aromatic carbocycles. The molecular weight excluding hydrogens is 426 g/mol. The number of carbonyl (C=O) groups is 1. The Morgan fingerprint density at radius 2 is 1.80 bits per heavy atom. The Kier molecular flexibility index (Phi) is 5.85. The van der Waals surface area contributed by atoms with Gasteiger partial charge in [0, 0.05) is 42.7 Å². The molecule has 3 aromatic rings. The third-order valence-electron chi connectivity index (χ3n) is 4.94. The van der Waals surface area contributed by atoms with E-state index in [1.165, 1.54) is 22.5 Å². The number of aromatic nitrogens is 3. The summed E-state index contributed by atoms with van der Waals surface area (Å²) < 4.78 is 27.4. The molecule has 0 aliphatic carbocycles. The predicted molar refractivity (Wildman–Crippen MR) is 114 cm³/mol. The molecule has 1 amide bonds. The number of hydrogen-bond donors (Lipinski definition) is 2. The molecule has 10 heteroatoms. The summed E-state index contributed by atoms with van der Waals surface area (Å²) in [5, 5.41) is 9.71. The third kappa shape index (κ3) is 4.23. The first-order chi connectivity index (χ1) is 14.4. The van der Waals surface area contributed by atoms with Gasteiger partial charge < -0.3 is 5.32 Å². The lowest BCUT2D eigenvalue weighted by atomic mass is 10.2. The summed E-state index contributed by atoms with van der Waals surface area (Å²) in [7, 11) is -3.76. The summed E-state index contributed by atoms with van der Waals surface area (Å²) in [5.41, 5.74) is 1.78. The number of amides is 1. The van der Waals surface area contributed by atoms with Crippen molar-refractivity contribution in [1.82, 2.24) is 19.5 Å². The Balaban J connectivity index is 1.55. The van der Waals surface area contributed by atoms with Gasteiger partial charge in [0.15, 0.2) is 5.82 Å². The molecule has 0 saturated carbocycles. The molecule has 156 valence electrons. The van der Waals surface area contributed by atoms with Gasteiger partial charge in [0.05, 0.1) is 10.7 Å². The minimum absolute atomic E-state index is 0.0572. The number of halogens is 1. The molecule has 2 aromatic heterocycles. The molecule has 8 nitrogen and oxygen atoms in total. The smallest absolute Gasteiger partial charge is 0.256 e. The molecule has 3 heterocycles. The second-order valence-electron chi connectivity index (χ2n) is 6.97. The number of carbonyl (C=O) groups excluding carboxylic acids is 1.